The summed E-state index contributed by atoms with van der Waals surface area (Å²) < 4.78 is 63.4. The second-order valence-corrected chi connectivity index (χ2v) is 21.2. The van der Waals surface area contributed by atoms with Crippen LogP contribution in [0, 0.1) is 55.4 Å². The first-order valence-corrected chi connectivity index (χ1v) is 24.9. The normalized spacial score (nSPS) is 12.7. The van der Waals surface area contributed by atoms with Crippen LogP contribution in [0.15, 0.2) is 109 Å². The first kappa shape index (κ1) is 55.7. The SMILES string of the molecule is C1=CCC/C=C\CC1.COc1cc(P(c2cc(C)cc(C)c2)c2cc(C)cc(C)c2)c(-c2c(P(c3cc(C)cc(C)c3)c3cc(C)cc(C)c3)cc(OC)nc2OC)c(OC)n1.F[B-](F)(F)F.[Rh]. The molecule has 7 rings (SSSR count). The van der Waals surface area contributed by atoms with Crippen LogP contribution in [0.5, 0.6) is 23.5 Å². The van der Waals surface area contributed by atoms with E-state index >= 15 is 0 Å². The smallest absolute Gasteiger partial charge is 0.481 e. The van der Waals surface area contributed by atoms with Crippen molar-refractivity contribution in [2.45, 2.75) is 81.1 Å². The summed E-state index contributed by atoms with van der Waals surface area (Å²) in [5, 5.41) is 6.94. The largest absolute Gasteiger partial charge is 0.673 e. The van der Waals surface area contributed by atoms with Crippen LogP contribution < -0.4 is 50.8 Å². The Morgan fingerprint density at radius 2 is 0.603 bits per heavy atom. The third kappa shape index (κ3) is 15.6. The quantitative estimate of drug-likeness (QED) is 0.0558. The molecule has 0 aliphatic heterocycles. The Labute approximate surface area is 416 Å². The number of allylic oxidation sites excluding steroid dienone is 4. The zero-order chi connectivity index (χ0) is 49.0. The van der Waals surface area contributed by atoms with E-state index in [0.717, 1.165) is 21.7 Å². The molecule has 0 saturated heterocycles. The van der Waals surface area contributed by atoms with Gasteiger partial charge in [-0.25, -0.2) is 0 Å². The monoisotopic (exact) mass is 1050 g/mol. The fraction of sp³-hybridized carbons (Fsp3) is 0.296. The molecule has 2 aromatic heterocycles. The molecule has 14 heteroatoms. The predicted molar refractivity (Wildman–Crippen MR) is 276 cm³/mol. The molecule has 6 nitrogen and oxygen atoms in total. The van der Waals surface area contributed by atoms with Gasteiger partial charge in [0.1, 0.15) is 0 Å². The molecule has 0 saturated carbocycles. The maximum Gasteiger partial charge on any atom is 0.673 e. The first-order valence-electron chi connectivity index (χ1n) is 22.2. The van der Waals surface area contributed by atoms with Gasteiger partial charge in [-0.2, -0.15) is 9.97 Å². The van der Waals surface area contributed by atoms with E-state index in [9.17, 15) is 17.3 Å². The van der Waals surface area contributed by atoms with Gasteiger partial charge in [-0.1, -0.05) is 142 Å². The molecular weight excluding hydrogens is 992 g/mol. The predicted octanol–water partition coefficient (Wildman–Crippen LogP) is 12.1. The molecule has 363 valence electrons. The molecule has 6 aromatic rings. The second-order valence-electron chi connectivity index (χ2n) is 16.8. The van der Waals surface area contributed by atoms with Gasteiger partial charge in [0, 0.05) is 42.2 Å². The van der Waals surface area contributed by atoms with Gasteiger partial charge in [0.25, 0.3) is 0 Å². The Kier molecular flexibility index (Phi) is 21.0. The molecule has 1 radical (unpaired) electrons. The number of nitrogens with zero attached hydrogens (tertiary/aromatic N) is 2. The van der Waals surface area contributed by atoms with E-state index < -0.39 is 23.1 Å². The Morgan fingerprint density at radius 1 is 0.382 bits per heavy atom. The summed E-state index contributed by atoms with van der Waals surface area (Å²) in [7, 11) is -1.74. The molecule has 2 heterocycles. The number of aromatic nitrogens is 2. The molecule has 68 heavy (non-hydrogen) atoms. The molecule has 1 aliphatic rings. The Balaban J connectivity index is 0.000000626. The summed E-state index contributed by atoms with van der Waals surface area (Å²) in [4.78, 5) is 9.93. The second kappa shape index (κ2) is 25.7. The molecule has 1 aliphatic carbocycles. The van der Waals surface area contributed by atoms with Crippen molar-refractivity contribution in [3.8, 4) is 34.6 Å². The van der Waals surface area contributed by atoms with Crippen LogP contribution in [0.25, 0.3) is 11.1 Å². The Bertz CT molecular complexity index is 2350. The van der Waals surface area contributed by atoms with Crippen molar-refractivity contribution in [3.63, 3.8) is 0 Å². The number of rotatable bonds is 11. The van der Waals surface area contributed by atoms with Gasteiger partial charge in [0.05, 0.1) is 39.6 Å². The number of halogens is 4. The van der Waals surface area contributed by atoms with E-state index in [1.54, 1.807) is 28.4 Å². The van der Waals surface area contributed by atoms with E-state index in [2.05, 4.69) is 165 Å². The summed E-state index contributed by atoms with van der Waals surface area (Å²) >= 11 is 0. The average Bonchev–Trinajstić information content (AvgIpc) is 3.21. The first-order chi connectivity index (χ1) is 31.8. The number of hydrogen-bond acceptors (Lipinski definition) is 6. The molecule has 0 bridgehead atoms. The van der Waals surface area contributed by atoms with Gasteiger partial charge < -0.3 is 36.2 Å². The number of pyridine rings is 2. The van der Waals surface area contributed by atoms with Crippen molar-refractivity contribution in [1.82, 2.24) is 9.97 Å². The zero-order valence-electron chi connectivity index (χ0n) is 41.1. The Morgan fingerprint density at radius 3 is 0.794 bits per heavy atom. The fourth-order valence-corrected chi connectivity index (χ4v) is 14.0. The minimum Gasteiger partial charge on any atom is -0.481 e. The van der Waals surface area contributed by atoms with Crippen molar-refractivity contribution in [1.29, 1.82) is 0 Å². The molecule has 0 N–H and O–H groups in total. The van der Waals surface area contributed by atoms with Crippen molar-refractivity contribution in [3.05, 3.63) is 154 Å². The van der Waals surface area contributed by atoms with E-state index in [4.69, 9.17) is 28.9 Å². The van der Waals surface area contributed by atoms with Gasteiger partial charge in [-0.3, -0.25) is 0 Å². The maximum atomic E-state index is 9.75. The Hall–Kier alpha value is -4.87. The minimum atomic E-state index is -6.00. The topological polar surface area (TPSA) is 62.7 Å². The molecule has 4 aromatic carbocycles. The summed E-state index contributed by atoms with van der Waals surface area (Å²) in [5.74, 6) is 1.82. The van der Waals surface area contributed by atoms with E-state index in [1.165, 1.54) is 91.4 Å². The van der Waals surface area contributed by atoms with Gasteiger partial charge in [0.15, 0.2) is 0 Å². The zero-order valence-corrected chi connectivity index (χ0v) is 44.5. The van der Waals surface area contributed by atoms with Crippen LogP contribution in [0.4, 0.5) is 17.3 Å². The van der Waals surface area contributed by atoms with Gasteiger partial charge in [-0.15, -0.1) is 0 Å². The molecule has 0 atom stereocenters. The van der Waals surface area contributed by atoms with Gasteiger partial charge in [0.2, 0.25) is 23.5 Å². The van der Waals surface area contributed by atoms with Crippen LogP contribution in [-0.2, 0) is 19.5 Å². The van der Waals surface area contributed by atoms with Crippen LogP contribution in [-0.4, -0.2) is 45.7 Å². The summed E-state index contributed by atoms with van der Waals surface area (Å²) in [5.41, 5.74) is 11.3. The van der Waals surface area contributed by atoms with Crippen LogP contribution >= 0.6 is 15.8 Å². The summed E-state index contributed by atoms with van der Waals surface area (Å²) in [6.45, 7) is 17.3. The summed E-state index contributed by atoms with van der Waals surface area (Å²) in [6, 6.07) is 31.5. The van der Waals surface area contributed by atoms with Crippen LogP contribution in [0.1, 0.15) is 70.2 Å². The number of methoxy groups -OCH3 is 4. The fourth-order valence-electron chi connectivity index (χ4n) is 8.33. The number of hydrogen-bond donors (Lipinski definition) is 0. The third-order valence-corrected chi connectivity index (χ3v) is 15.4. The maximum absolute atomic E-state index is 9.75. The van der Waals surface area contributed by atoms with E-state index in [0.29, 0.717) is 23.5 Å². The van der Waals surface area contributed by atoms with Crippen molar-refractivity contribution in [2.24, 2.45) is 0 Å². The summed E-state index contributed by atoms with van der Waals surface area (Å²) in [6.07, 6.45) is 14.0. The molecule has 0 fully saturated rings. The molecule has 0 amide bonds. The van der Waals surface area contributed by atoms with Crippen molar-refractivity contribution >= 4 is 54.9 Å². The minimum absolute atomic E-state index is 0. The molecule has 0 unspecified atom stereocenters. The van der Waals surface area contributed by atoms with Gasteiger partial charge >= 0.3 is 7.25 Å². The third-order valence-electron chi connectivity index (χ3n) is 10.6. The van der Waals surface area contributed by atoms with Crippen LogP contribution in [0.3, 0.4) is 0 Å². The number of benzene rings is 4. The van der Waals surface area contributed by atoms with E-state index in [-0.39, 0.29) is 19.5 Å². The molecular formula is C54H62BF4N2O4P2Rh-. The number of aryl methyl sites for hydroxylation is 8. The molecule has 0 spiro atoms. The van der Waals surface area contributed by atoms with Crippen molar-refractivity contribution in [2.75, 3.05) is 28.4 Å². The van der Waals surface area contributed by atoms with Gasteiger partial charge in [-0.05, 0) is 118 Å². The van der Waals surface area contributed by atoms with E-state index in [1.807, 2.05) is 0 Å². The van der Waals surface area contributed by atoms with Crippen LogP contribution in [0.2, 0.25) is 0 Å². The number of ether oxygens (including phenoxy) is 4. The average molecular weight is 1050 g/mol. The standard InChI is InChI=1S/C46H50N2O4P2.C8H12.BF4.Rh/c1-27-13-28(2)18-35(17-27)53(36-19-29(3)14-30(4)20-36)39-25-41(49-9)47-45(51-11)43(39)44-40(26-42(50-10)48-46(44)52-12)54(37-21-31(5)15-32(6)22-37)38-23-33(7)16-34(8)24-38;1-2-4-6-8-7-5-3-1;2-1(3,4)5;/h13-26H,1-12H3;1-2,7-8H,3-6H2;;/q;;-1;/b;2-1-,8-7?;;. The van der Waals surface area contributed by atoms with Crippen molar-refractivity contribution < 1.29 is 55.7 Å².